The van der Waals surface area contributed by atoms with Gasteiger partial charge in [-0.1, -0.05) is 22.0 Å². The van der Waals surface area contributed by atoms with Crippen molar-refractivity contribution in [2.24, 2.45) is 0 Å². The van der Waals surface area contributed by atoms with E-state index in [0.29, 0.717) is 0 Å². The number of rotatable bonds is 7. The second-order valence-electron chi connectivity index (χ2n) is 2.96. The predicted octanol–water partition coefficient (Wildman–Crippen LogP) is 4.19. The number of alkyl halides is 1. The Labute approximate surface area is 109 Å². The summed E-state index contributed by atoms with van der Waals surface area (Å²) in [5.41, 5.74) is 0. The van der Waals surface area contributed by atoms with Crippen LogP contribution >= 0.6 is 39.3 Å². The first kappa shape index (κ1) is 13.2. The number of halogens is 2. The molecule has 0 radical (unpaired) electrons. The van der Waals surface area contributed by atoms with Gasteiger partial charge < -0.3 is 4.74 Å². The predicted molar refractivity (Wildman–Crippen MR) is 72.3 cm³/mol. The van der Waals surface area contributed by atoms with E-state index in [1.807, 2.05) is 36.0 Å². The second-order valence-corrected chi connectivity index (χ2v) is 5.48. The third kappa shape index (κ3) is 6.33. The number of hydrogen-bond donors (Lipinski definition) is 0. The highest BCUT2D eigenvalue weighted by atomic mass is 79.9. The molecule has 0 aliphatic rings. The zero-order valence-electron chi connectivity index (χ0n) is 8.42. The third-order valence-corrected chi connectivity index (χ3v) is 3.51. The summed E-state index contributed by atoms with van der Waals surface area (Å²) in [5.74, 6) is 3.80. The van der Waals surface area contributed by atoms with E-state index in [0.717, 1.165) is 40.6 Å². The van der Waals surface area contributed by atoms with Gasteiger partial charge in [-0.2, -0.15) is 11.8 Å². The quantitative estimate of drug-likeness (QED) is 0.552. The molecule has 1 aromatic carbocycles. The fourth-order valence-electron chi connectivity index (χ4n) is 1.03. The molecule has 0 saturated carbocycles. The Kier molecular flexibility index (Phi) is 7.32. The van der Waals surface area contributed by atoms with Crippen molar-refractivity contribution in [2.75, 3.05) is 24.0 Å². The second kappa shape index (κ2) is 8.31. The van der Waals surface area contributed by atoms with Gasteiger partial charge in [-0.25, -0.2) is 0 Å². The average molecular weight is 310 g/mol. The van der Waals surface area contributed by atoms with Gasteiger partial charge in [0.05, 0.1) is 6.61 Å². The Morgan fingerprint density at radius 1 is 1.33 bits per heavy atom. The van der Waals surface area contributed by atoms with E-state index in [-0.39, 0.29) is 0 Å². The van der Waals surface area contributed by atoms with Gasteiger partial charge in [0.25, 0.3) is 0 Å². The van der Waals surface area contributed by atoms with Crippen molar-refractivity contribution in [3.05, 3.63) is 28.7 Å². The molecule has 0 saturated heterocycles. The molecule has 0 aliphatic carbocycles. The molecular weight excluding hydrogens is 296 g/mol. The zero-order chi connectivity index (χ0) is 10.9. The highest BCUT2D eigenvalue weighted by Crippen LogP contribution is 2.17. The van der Waals surface area contributed by atoms with E-state index in [9.17, 15) is 0 Å². The molecule has 4 heteroatoms. The number of benzene rings is 1. The maximum atomic E-state index is 5.58. The Bertz CT molecular complexity index is 283. The van der Waals surface area contributed by atoms with Gasteiger partial charge >= 0.3 is 0 Å². The van der Waals surface area contributed by atoms with Crippen LogP contribution in [0, 0.1) is 0 Å². The first-order valence-corrected chi connectivity index (χ1v) is 7.33. The van der Waals surface area contributed by atoms with Crippen LogP contribution in [0.25, 0.3) is 0 Å². The molecular formula is C11H14BrClOS. The molecule has 0 aliphatic heterocycles. The van der Waals surface area contributed by atoms with Crippen LogP contribution in [0.2, 0.25) is 0 Å². The van der Waals surface area contributed by atoms with Crippen molar-refractivity contribution in [1.29, 1.82) is 0 Å². The van der Waals surface area contributed by atoms with Crippen molar-refractivity contribution in [2.45, 2.75) is 6.42 Å². The Morgan fingerprint density at radius 2 is 2.20 bits per heavy atom. The molecule has 1 aromatic rings. The Morgan fingerprint density at radius 3 is 2.93 bits per heavy atom. The van der Waals surface area contributed by atoms with Crippen molar-refractivity contribution in [3.8, 4) is 5.75 Å². The summed E-state index contributed by atoms with van der Waals surface area (Å²) in [6.45, 7) is 0.753. The largest absolute Gasteiger partial charge is 0.493 e. The lowest BCUT2D eigenvalue weighted by molar-refractivity contribution is 0.344. The lowest BCUT2D eigenvalue weighted by Gasteiger charge is -2.05. The van der Waals surface area contributed by atoms with E-state index < -0.39 is 0 Å². The minimum atomic E-state index is 0.749. The molecule has 1 rings (SSSR count). The van der Waals surface area contributed by atoms with Gasteiger partial charge in [-0.05, 0) is 30.4 Å². The standard InChI is InChI=1S/C11H14BrClOS/c12-10-3-1-4-11(9-10)14-6-8-15-7-2-5-13/h1,3-4,9H,2,5-8H2. The maximum absolute atomic E-state index is 5.58. The van der Waals surface area contributed by atoms with Gasteiger partial charge in [0.15, 0.2) is 0 Å². The van der Waals surface area contributed by atoms with Crippen molar-refractivity contribution >= 4 is 39.3 Å². The minimum Gasteiger partial charge on any atom is -0.493 e. The highest BCUT2D eigenvalue weighted by Gasteiger charge is 1.94. The van der Waals surface area contributed by atoms with Crippen LogP contribution in [-0.2, 0) is 0 Å². The molecule has 84 valence electrons. The van der Waals surface area contributed by atoms with Crippen LogP contribution < -0.4 is 4.74 Å². The van der Waals surface area contributed by atoms with Gasteiger partial charge in [-0.3, -0.25) is 0 Å². The van der Waals surface area contributed by atoms with Gasteiger partial charge in [0, 0.05) is 16.1 Å². The molecule has 0 amide bonds. The molecule has 0 unspecified atom stereocenters. The smallest absolute Gasteiger partial charge is 0.120 e. The molecule has 15 heavy (non-hydrogen) atoms. The summed E-state index contributed by atoms with van der Waals surface area (Å²) in [6.07, 6.45) is 1.07. The Balaban J connectivity index is 2.10. The lowest BCUT2D eigenvalue weighted by Crippen LogP contribution is -2.00. The van der Waals surface area contributed by atoms with E-state index >= 15 is 0 Å². The summed E-state index contributed by atoms with van der Waals surface area (Å²) < 4.78 is 6.63. The van der Waals surface area contributed by atoms with Gasteiger partial charge in [0.2, 0.25) is 0 Å². The highest BCUT2D eigenvalue weighted by molar-refractivity contribution is 9.10. The summed E-state index contributed by atoms with van der Waals surface area (Å²) >= 11 is 10.9. The summed E-state index contributed by atoms with van der Waals surface area (Å²) in [4.78, 5) is 0. The molecule has 0 aromatic heterocycles. The zero-order valence-corrected chi connectivity index (χ0v) is 11.6. The fourth-order valence-corrected chi connectivity index (χ4v) is 2.46. The van der Waals surface area contributed by atoms with Gasteiger partial charge in [-0.15, -0.1) is 11.6 Å². The average Bonchev–Trinajstić information content (AvgIpc) is 2.23. The molecule has 0 fully saturated rings. The summed E-state index contributed by atoms with van der Waals surface area (Å²) in [7, 11) is 0. The van der Waals surface area contributed by atoms with E-state index in [2.05, 4.69) is 15.9 Å². The molecule has 0 heterocycles. The monoisotopic (exact) mass is 308 g/mol. The van der Waals surface area contributed by atoms with Crippen LogP contribution in [-0.4, -0.2) is 24.0 Å². The molecule has 0 bridgehead atoms. The summed E-state index contributed by atoms with van der Waals surface area (Å²) in [6, 6.07) is 7.90. The molecule has 0 spiro atoms. The Hall–Kier alpha value is 0.140. The SMILES string of the molecule is ClCCCSCCOc1cccc(Br)c1. The van der Waals surface area contributed by atoms with E-state index in [1.165, 1.54) is 0 Å². The first-order chi connectivity index (χ1) is 7.33. The first-order valence-electron chi connectivity index (χ1n) is 4.85. The van der Waals surface area contributed by atoms with Crippen molar-refractivity contribution in [3.63, 3.8) is 0 Å². The number of hydrogen-bond acceptors (Lipinski definition) is 2. The van der Waals surface area contributed by atoms with Crippen LogP contribution in [0.3, 0.4) is 0 Å². The van der Waals surface area contributed by atoms with Crippen LogP contribution in [0.5, 0.6) is 5.75 Å². The molecule has 1 nitrogen and oxygen atoms in total. The molecule has 0 N–H and O–H groups in total. The van der Waals surface area contributed by atoms with Crippen molar-refractivity contribution in [1.82, 2.24) is 0 Å². The number of ether oxygens (including phenoxy) is 1. The van der Waals surface area contributed by atoms with E-state index in [1.54, 1.807) is 0 Å². The van der Waals surface area contributed by atoms with E-state index in [4.69, 9.17) is 16.3 Å². The lowest BCUT2D eigenvalue weighted by atomic mass is 10.3. The maximum Gasteiger partial charge on any atom is 0.120 e. The fraction of sp³-hybridized carbons (Fsp3) is 0.455. The molecule has 0 atom stereocenters. The topological polar surface area (TPSA) is 9.23 Å². The summed E-state index contributed by atoms with van der Waals surface area (Å²) in [5, 5.41) is 0. The van der Waals surface area contributed by atoms with Crippen LogP contribution in [0.15, 0.2) is 28.7 Å². The van der Waals surface area contributed by atoms with Gasteiger partial charge in [0.1, 0.15) is 5.75 Å². The number of thioether (sulfide) groups is 1. The van der Waals surface area contributed by atoms with Crippen LogP contribution in [0.1, 0.15) is 6.42 Å². The van der Waals surface area contributed by atoms with Crippen molar-refractivity contribution < 1.29 is 4.74 Å². The normalized spacial score (nSPS) is 10.3. The minimum absolute atomic E-state index is 0.749. The van der Waals surface area contributed by atoms with Crippen LogP contribution in [0.4, 0.5) is 0 Å². The third-order valence-electron chi connectivity index (χ3n) is 1.71.